The average molecular weight is 567 g/mol. The number of piperidine rings is 1. The van der Waals surface area contributed by atoms with Gasteiger partial charge in [0.15, 0.2) is 11.4 Å². The molecule has 214 valence electrons. The Bertz CT molecular complexity index is 1580. The third-order valence-electron chi connectivity index (χ3n) is 8.72. The van der Waals surface area contributed by atoms with Crippen molar-refractivity contribution in [1.82, 2.24) is 14.5 Å². The molecule has 6 rings (SSSR count). The van der Waals surface area contributed by atoms with Crippen LogP contribution in [0.1, 0.15) is 43.1 Å². The first-order valence-electron chi connectivity index (χ1n) is 14.8. The van der Waals surface area contributed by atoms with Crippen LogP contribution in [0.4, 0.5) is 5.69 Å². The minimum atomic E-state index is -1.19. The topological polar surface area (TPSA) is 60.3 Å². The Morgan fingerprint density at radius 3 is 2.61 bits per heavy atom. The van der Waals surface area contributed by atoms with Gasteiger partial charge in [-0.25, -0.2) is 9.97 Å². The number of rotatable bonds is 9. The van der Waals surface area contributed by atoms with Crippen LogP contribution in [0.5, 0.6) is 0 Å². The standard InChI is InChI=1S/C34H42N4O2Si/c1-33(2,3)31(39)28-21-38(23-40-15-16-41(4,5)6)32-30(28)36-29(19-35-32)24-11-10-14-27(17-24)37-20-26-18-34(26,22-37)25-12-8-7-9-13-25/h7-14,17,19,21,26H,15-16,18,20,22-23H2,1-6H3/t26-,34+/m0/s1. The lowest BCUT2D eigenvalue weighted by Gasteiger charge is -2.24. The van der Waals surface area contributed by atoms with E-state index in [-0.39, 0.29) is 11.2 Å². The molecule has 6 nitrogen and oxygen atoms in total. The maximum absolute atomic E-state index is 13.5. The second-order valence-electron chi connectivity index (χ2n) is 14.2. The molecular formula is C34H42N4O2Si. The van der Waals surface area contributed by atoms with Gasteiger partial charge in [-0.1, -0.05) is 82.9 Å². The van der Waals surface area contributed by atoms with E-state index < -0.39 is 13.5 Å². The number of hydrogen-bond acceptors (Lipinski definition) is 5. The summed E-state index contributed by atoms with van der Waals surface area (Å²) >= 11 is 0. The van der Waals surface area contributed by atoms with Gasteiger partial charge in [0.05, 0.1) is 17.5 Å². The highest BCUT2D eigenvalue weighted by Crippen LogP contribution is 2.59. The number of ketones is 1. The van der Waals surface area contributed by atoms with Crippen molar-refractivity contribution in [3.05, 3.63) is 78.1 Å². The van der Waals surface area contributed by atoms with Gasteiger partial charge in [-0.15, -0.1) is 0 Å². The fraction of sp³-hybridized carbons (Fsp3) is 0.441. The molecule has 1 aliphatic carbocycles. The highest BCUT2D eigenvalue weighted by Gasteiger charge is 2.60. The van der Waals surface area contributed by atoms with Crippen LogP contribution in [-0.2, 0) is 16.9 Å². The number of carbonyl (C=O) groups is 1. The van der Waals surface area contributed by atoms with E-state index in [9.17, 15) is 4.79 Å². The zero-order chi connectivity index (χ0) is 29.0. The molecule has 0 amide bonds. The van der Waals surface area contributed by atoms with Crippen LogP contribution in [-0.4, -0.2) is 48.1 Å². The summed E-state index contributed by atoms with van der Waals surface area (Å²) in [5.41, 5.74) is 6.18. The van der Waals surface area contributed by atoms with Crippen molar-refractivity contribution in [1.29, 1.82) is 0 Å². The van der Waals surface area contributed by atoms with Crippen molar-refractivity contribution in [2.75, 3.05) is 24.6 Å². The summed E-state index contributed by atoms with van der Waals surface area (Å²) in [5, 5.41) is 0. The van der Waals surface area contributed by atoms with Crippen molar-refractivity contribution in [3.8, 4) is 11.3 Å². The van der Waals surface area contributed by atoms with Gasteiger partial charge in [0, 0.05) is 56.0 Å². The number of Topliss-reactive ketones (excluding diaryl/α,β-unsaturated/α-hetero) is 1. The van der Waals surface area contributed by atoms with Crippen LogP contribution < -0.4 is 4.90 Å². The van der Waals surface area contributed by atoms with Gasteiger partial charge >= 0.3 is 0 Å². The van der Waals surface area contributed by atoms with E-state index in [2.05, 4.69) is 79.1 Å². The zero-order valence-electron chi connectivity index (χ0n) is 25.3. The average Bonchev–Trinajstić information content (AvgIpc) is 3.32. The van der Waals surface area contributed by atoms with E-state index in [1.807, 2.05) is 37.7 Å². The summed E-state index contributed by atoms with van der Waals surface area (Å²) in [7, 11) is -1.19. The predicted octanol–water partition coefficient (Wildman–Crippen LogP) is 7.42. The van der Waals surface area contributed by atoms with E-state index in [0.717, 1.165) is 30.4 Å². The molecule has 0 bridgehead atoms. The fourth-order valence-corrected chi connectivity index (χ4v) is 6.92. The van der Waals surface area contributed by atoms with Gasteiger partial charge in [-0.3, -0.25) is 4.79 Å². The van der Waals surface area contributed by atoms with E-state index >= 15 is 0 Å². The summed E-state index contributed by atoms with van der Waals surface area (Å²) in [6.45, 7) is 16.1. The third kappa shape index (κ3) is 5.49. The van der Waals surface area contributed by atoms with Gasteiger partial charge < -0.3 is 14.2 Å². The normalized spacial score (nSPS) is 20.4. The molecule has 2 aromatic heterocycles. The summed E-state index contributed by atoms with van der Waals surface area (Å²) in [5.74, 6) is 0.773. The predicted molar refractivity (Wildman–Crippen MR) is 169 cm³/mol. The number of nitrogens with zero attached hydrogens (tertiary/aromatic N) is 4. The summed E-state index contributed by atoms with van der Waals surface area (Å²) < 4.78 is 7.97. The van der Waals surface area contributed by atoms with Crippen molar-refractivity contribution in [3.63, 3.8) is 0 Å². The van der Waals surface area contributed by atoms with Gasteiger partial charge in [-0.05, 0) is 36.1 Å². The van der Waals surface area contributed by atoms with E-state index in [0.29, 0.717) is 36.0 Å². The molecule has 0 unspecified atom stereocenters. The lowest BCUT2D eigenvalue weighted by atomic mass is 9.87. The number of benzene rings is 2. The third-order valence-corrected chi connectivity index (χ3v) is 10.4. The molecule has 2 atom stereocenters. The molecule has 3 heterocycles. The second-order valence-corrected chi connectivity index (χ2v) is 19.8. The largest absolute Gasteiger partial charge is 0.370 e. The summed E-state index contributed by atoms with van der Waals surface area (Å²) in [4.78, 5) is 25.9. The SMILES string of the molecule is CC(C)(C)C(=O)c1cn(COCC[Si](C)(C)C)c2ncc(-c3cccc(N4C[C@@H]5C[C@]5(c5ccccc5)C4)c3)nc12. The Morgan fingerprint density at radius 2 is 1.88 bits per heavy atom. The van der Waals surface area contributed by atoms with Gasteiger partial charge in [0.25, 0.3) is 0 Å². The van der Waals surface area contributed by atoms with E-state index in [4.69, 9.17) is 14.7 Å². The van der Waals surface area contributed by atoms with Crippen molar-refractivity contribution >= 4 is 30.7 Å². The number of fused-ring (bicyclic) bond motifs is 2. The van der Waals surface area contributed by atoms with Gasteiger partial charge in [0.2, 0.25) is 0 Å². The quantitative estimate of drug-likeness (QED) is 0.120. The van der Waals surface area contributed by atoms with Crippen LogP contribution >= 0.6 is 0 Å². The van der Waals surface area contributed by atoms with Crippen LogP contribution in [0.25, 0.3) is 22.4 Å². The molecule has 1 saturated carbocycles. The molecule has 0 radical (unpaired) electrons. The fourth-order valence-electron chi connectivity index (χ4n) is 6.16. The van der Waals surface area contributed by atoms with Crippen LogP contribution in [0, 0.1) is 11.3 Å². The molecule has 4 aromatic rings. The smallest absolute Gasteiger partial charge is 0.171 e. The molecule has 0 spiro atoms. The van der Waals surface area contributed by atoms with Crippen molar-refractivity contribution in [2.45, 2.75) is 65.0 Å². The van der Waals surface area contributed by atoms with Crippen molar-refractivity contribution in [2.24, 2.45) is 11.3 Å². The van der Waals surface area contributed by atoms with Crippen LogP contribution in [0.2, 0.25) is 25.7 Å². The lowest BCUT2D eigenvalue weighted by Crippen LogP contribution is -2.26. The molecular weight excluding hydrogens is 524 g/mol. The molecule has 1 aliphatic heterocycles. The van der Waals surface area contributed by atoms with E-state index in [1.54, 1.807) is 0 Å². The van der Waals surface area contributed by atoms with E-state index in [1.165, 1.54) is 17.7 Å². The zero-order valence-corrected chi connectivity index (χ0v) is 26.3. The molecule has 2 aromatic carbocycles. The molecule has 1 saturated heterocycles. The van der Waals surface area contributed by atoms with Gasteiger partial charge in [-0.2, -0.15) is 0 Å². The molecule has 2 aliphatic rings. The maximum Gasteiger partial charge on any atom is 0.171 e. The Kier molecular flexibility index (Phi) is 6.94. The number of ether oxygens (including phenoxy) is 1. The van der Waals surface area contributed by atoms with Crippen LogP contribution in [0.3, 0.4) is 0 Å². The molecule has 0 N–H and O–H groups in total. The number of anilines is 1. The number of hydrogen-bond donors (Lipinski definition) is 0. The Morgan fingerprint density at radius 1 is 1.10 bits per heavy atom. The highest BCUT2D eigenvalue weighted by atomic mass is 28.3. The van der Waals surface area contributed by atoms with Gasteiger partial charge in [0.1, 0.15) is 12.2 Å². The first-order chi connectivity index (χ1) is 19.4. The Labute approximate surface area is 244 Å². The Hall–Kier alpha value is -3.29. The first-order valence-corrected chi connectivity index (χ1v) is 18.5. The van der Waals surface area contributed by atoms with Crippen molar-refractivity contribution < 1.29 is 9.53 Å². The minimum absolute atomic E-state index is 0.0612. The lowest BCUT2D eigenvalue weighted by molar-refractivity contribution is 0.0849. The summed E-state index contributed by atoms with van der Waals surface area (Å²) in [6, 6.07) is 20.7. The molecule has 41 heavy (non-hydrogen) atoms. The molecule has 2 fully saturated rings. The second kappa shape index (κ2) is 10.2. The highest BCUT2D eigenvalue weighted by molar-refractivity contribution is 6.76. The molecule has 7 heteroatoms. The van der Waals surface area contributed by atoms with Crippen LogP contribution in [0.15, 0.2) is 67.0 Å². The Balaban J connectivity index is 1.28. The monoisotopic (exact) mass is 566 g/mol. The first kappa shape index (κ1) is 27.9. The number of carbonyl (C=O) groups excluding carboxylic acids is 1. The maximum atomic E-state index is 13.5. The summed E-state index contributed by atoms with van der Waals surface area (Å²) in [6.07, 6.45) is 4.99. The number of aromatic nitrogens is 3. The minimum Gasteiger partial charge on any atom is -0.370 e.